The van der Waals surface area contributed by atoms with E-state index in [1.165, 1.54) is 0 Å². The Morgan fingerprint density at radius 1 is 1.35 bits per heavy atom. The van der Waals surface area contributed by atoms with Gasteiger partial charge in [0.25, 0.3) is 0 Å². The number of aromatic nitrogens is 4. The van der Waals surface area contributed by atoms with Gasteiger partial charge in [0.2, 0.25) is 0 Å². The number of H-pyrrole nitrogens is 1. The van der Waals surface area contributed by atoms with E-state index in [0.717, 1.165) is 25.6 Å². The summed E-state index contributed by atoms with van der Waals surface area (Å²) in [5.41, 5.74) is 4.83. The lowest BCUT2D eigenvalue weighted by Crippen LogP contribution is -2.34. The van der Waals surface area contributed by atoms with Crippen LogP contribution < -0.4 is 5.73 Å². The number of likely N-dealkylation sites (tertiary alicyclic amines) is 1. The molecule has 0 spiro atoms. The smallest absolute Gasteiger partial charge is 0.384 e. The molecule has 1 atom stereocenters. The zero-order valence-electron chi connectivity index (χ0n) is 12.3. The van der Waals surface area contributed by atoms with Crippen molar-refractivity contribution in [3.63, 3.8) is 0 Å². The van der Waals surface area contributed by atoms with Crippen molar-refractivity contribution in [2.24, 2.45) is 0 Å². The molecule has 23 heavy (non-hydrogen) atoms. The molecular weight excluding hydrogens is 309 g/mol. The second-order valence-corrected chi connectivity index (χ2v) is 5.65. The van der Waals surface area contributed by atoms with Crippen molar-refractivity contribution in [2.45, 2.75) is 31.5 Å². The summed E-state index contributed by atoms with van der Waals surface area (Å²) in [7, 11) is 0. The molecule has 3 N–H and O–H groups in total. The minimum absolute atomic E-state index is 0.0547. The van der Waals surface area contributed by atoms with E-state index in [1.54, 1.807) is 12.3 Å². The molecule has 3 rings (SSSR count). The van der Waals surface area contributed by atoms with Crippen LogP contribution in [-0.4, -0.2) is 37.9 Å². The molecule has 0 amide bonds. The topological polar surface area (TPSA) is 83.7 Å². The summed E-state index contributed by atoms with van der Waals surface area (Å²) >= 11 is 0. The van der Waals surface area contributed by atoms with Crippen molar-refractivity contribution in [1.82, 2.24) is 24.8 Å². The molecule has 2 aromatic heterocycles. The predicted octanol–water partition coefficient (Wildman–Crippen LogP) is 2.18. The van der Waals surface area contributed by atoms with E-state index in [2.05, 4.69) is 24.8 Å². The summed E-state index contributed by atoms with van der Waals surface area (Å²) in [4.78, 5) is 16.7. The molecular formula is C14H17F3N6. The highest BCUT2D eigenvalue weighted by atomic mass is 19.4. The molecule has 1 fully saturated rings. The van der Waals surface area contributed by atoms with Gasteiger partial charge < -0.3 is 10.7 Å². The van der Waals surface area contributed by atoms with Crippen LogP contribution in [0.5, 0.6) is 0 Å². The molecule has 0 aliphatic carbocycles. The molecule has 9 heteroatoms. The van der Waals surface area contributed by atoms with Crippen LogP contribution in [0.1, 0.15) is 36.1 Å². The van der Waals surface area contributed by atoms with Crippen molar-refractivity contribution >= 4 is 5.82 Å². The van der Waals surface area contributed by atoms with Gasteiger partial charge in [0, 0.05) is 18.7 Å². The van der Waals surface area contributed by atoms with Gasteiger partial charge in [-0.2, -0.15) is 13.2 Å². The van der Waals surface area contributed by atoms with E-state index in [4.69, 9.17) is 5.73 Å². The normalized spacial score (nSPS) is 19.9. The SMILES string of the molecule is Nc1ccnc(CN2CCC[C@@H](c3ncc(C(F)(F)F)[nH]3)C2)n1. The molecule has 124 valence electrons. The summed E-state index contributed by atoms with van der Waals surface area (Å²) in [5.74, 6) is 1.35. The van der Waals surface area contributed by atoms with Crippen LogP contribution in [0.4, 0.5) is 19.0 Å². The first-order chi connectivity index (χ1) is 10.9. The maximum absolute atomic E-state index is 12.7. The largest absolute Gasteiger partial charge is 0.432 e. The minimum atomic E-state index is -4.39. The lowest BCUT2D eigenvalue weighted by Gasteiger charge is -2.31. The summed E-state index contributed by atoms with van der Waals surface area (Å²) in [6.45, 7) is 1.98. The van der Waals surface area contributed by atoms with E-state index >= 15 is 0 Å². The van der Waals surface area contributed by atoms with Crippen LogP contribution in [0.2, 0.25) is 0 Å². The highest BCUT2D eigenvalue weighted by Gasteiger charge is 2.34. The summed E-state index contributed by atoms with van der Waals surface area (Å²) in [6, 6.07) is 1.62. The van der Waals surface area contributed by atoms with Gasteiger partial charge in [-0.1, -0.05) is 0 Å². The number of anilines is 1. The molecule has 1 aliphatic rings. The lowest BCUT2D eigenvalue weighted by molar-refractivity contribution is -0.141. The van der Waals surface area contributed by atoms with Crippen molar-refractivity contribution < 1.29 is 13.2 Å². The Morgan fingerprint density at radius 2 is 2.17 bits per heavy atom. The molecule has 1 aliphatic heterocycles. The van der Waals surface area contributed by atoms with Crippen molar-refractivity contribution in [1.29, 1.82) is 0 Å². The van der Waals surface area contributed by atoms with Crippen LogP contribution in [0.25, 0.3) is 0 Å². The number of nitrogens with one attached hydrogen (secondary N) is 1. The highest BCUT2D eigenvalue weighted by Crippen LogP contribution is 2.31. The van der Waals surface area contributed by atoms with Gasteiger partial charge in [0.15, 0.2) is 0 Å². The van der Waals surface area contributed by atoms with E-state index < -0.39 is 11.9 Å². The number of nitrogens with zero attached hydrogens (tertiary/aromatic N) is 4. The molecule has 0 aromatic carbocycles. The number of hydrogen-bond donors (Lipinski definition) is 2. The molecule has 6 nitrogen and oxygen atoms in total. The van der Waals surface area contributed by atoms with E-state index in [-0.39, 0.29) is 5.92 Å². The molecule has 0 saturated carbocycles. The van der Waals surface area contributed by atoms with Crippen LogP contribution >= 0.6 is 0 Å². The summed E-state index contributed by atoms with van der Waals surface area (Å²) < 4.78 is 38.0. The van der Waals surface area contributed by atoms with Crippen LogP contribution in [0.15, 0.2) is 18.5 Å². The number of imidazole rings is 1. The maximum Gasteiger partial charge on any atom is 0.432 e. The van der Waals surface area contributed by atoms with Gasteiger partial charge in [-0.3, -0.25) is 4.90 Å². The zero-order valence-corrected chi connectivity index (χ0v) is 12.3. The first-order valence-electron chi connectivity index (χ1n) is 7.33. The second-order valence-electron chi connectivity index (χ2n) is 5.65. The minimum Gasteiger partial charge on any atom is -0.384 e. The number of rotatable bonds is 3. The number of alkyl halides is 3. The first-order valence-corrected chi connectivity index (χ1v) is 7.33. The predicted molar refractivity (Wildman–Crippen MR) is 77.3 cm³/mol. The molecule has 0 bridgehead atoms. The van der Waals surface area contributed by atoms with Gasteiger partial charge >= 0.3 is 6.18 Å². The maximum atomic E-state index is 12.7. The van der Waals surface area contributed by atoms with Crippen LogP contribution in [0.3, 0.4) is 0 Å². The number of aromatic amines is 1. The van der Waals surface area contributed by atoms with Gasteiger partial charge in [0.05, 0.1) is 12.7 Å². The third kappa shape index (κ3) is 3.79. The first kappa shape index (κ1) is 15.7. The standard InChI is InChI=1S/C14H17F3N6/c15-14(16,17)10-6-20-13(21-10)9-2-1-5-23(7-9)8-12-19-4-3-11(18)22-12/h3-4,6,9H,1-2,5,7-8H2,(H,20,21)(H2,18,19,22)/t9-/m1/s1. The molecule has 0 unspecified atom stereocenters. The molecule has 3 heterocycles. The average Bonchev–Trinajstić information content (AvgIpc) is 2.97. The highest BCUT2D eigenvalue weighted by molar-refractivity contribution is 5.25. The molecule has 1 saturated heterocycles. The average molecular weight is 326 g/mol. The number of nitrogens with two attached hydrogens (primary N) is 1. The Bertz CT molecular complexity index is 669. The molecule has 0 radical (unpaired) electrons. The number of halogens is 3. The fourth-order valence-corrected chi connectivity index (χ4v) is 2.80. The van der Waals surface area contributed by atoms with Crippen molar-refractivity contribution in [2.75, 3.05) is 18.8 Å². The van der Waals surface area contributed by atoms with E-state index in [9.17, 15) is 13.2 Å². The molecule has 2 aromatic rings. The third-order valence-electron chi connectivity index (χ3n) is 3.89. The van der Waals surface area contributed by atoms with Crippen LogP contribution in [-0.2, 0) is 12.7 Å². The number of piperidine rings is 1. The Hall–Kier alpha value is -2.16. The third-order valence-corrected chi connectivity index (χ3v) is 3.89. The Balaban J connectivity index is 1.67. The van der Waals surface area contributed by atoms with Crippen molar-refractivity contribution in [3.05, 3.63) is 35.8 Å². The Morgan fingerprint density at radius 3 is 2.87 bits per heavy atom. The van der Waals surface area contributed by atoms with E-state index in [1.807, 2.05) is 0 Å². The zero-order chi connectivity index (χ0) is 16.4. The Kier molecular flexibility index (Phi) is 4.20. The summed E-state index contributed by atoms with van der Waals surface area (Å²) in [5, 5.41) is 0. The number of hydrogen-bond acceptors (Lipinski definition) is 5. The fraction of sp³-hybridized carbons (Fsp3) is 0.500. The Labute approximate surface area is 131 Å². The van der Waals surface area contributed by atoms with Gasteiger partial charge in [0.1, 0.15) is 23.2 Å². The quantitative estimate of drug-likeness (QED) is 0.903. The fourth-order valence-electron chi connectivity index (χ4n) is 2.80. The van der Waals surface area contributed by atoms with Gasteiger partial charge in [-0.15, -0.1) is 0 Å². The second kappa shape index (κ2) is 6.15. The number of nitrogen functional groups attached to an aromatic ring is 1. The summed E-state index contributed by atoms with van der Waals surface area (Å²) in [6.07, 6.45) is -0.250. The van der Waals surface area contributed by atoms with E-state index in [0.29, 0.717) is 30.6 Å². The monoisotopic (exact) mass is 326 g/mol. The van der Waals surface area contributed by atoms with Gasteiger partial charge in [-0.05, 0) is 25.5 Å². The van der Waals surface area contributed by atoms with Gasteiger partial charge in [-0.25, -0.2) is 15.0 Å². The van der Waals surface area contributed by atoms with Crippen molar-refractivity contribution in [3.8, 4) is 0 Å². The lowest BCUT2D eigenvalue weighted by atomic mass is 9.97. The van der Waals surface area contributed by atoms with Crippen LogP contribution in [0, 0.1) is 0 Å².